The summed E-state index contributed by atoms with van der Waals surface area (Å²) in [5.74, 6) is -0.730. The minimum atomic E-state index is -0.730. The Balaban J connectivity index is 2.34. The first kappa shape index (κ1) is 25.9. The SMILES string of the molecule is O=C1C(Cl)=C(Cl)C2=C(c3c(Cl)c(Cl)c(Cl)c(Cl)c3Cl)c3c(Cl)c(Cl)c(Cl)c(Cl)c3C2=C1Cl. The Labute approximate surface area is 241 Å². The molecule has 0 aromatic heterocycles. The first-order valence-corrected chi connectivity index (χ1v) is 12.5. The van der Waals surface area contributed by atoms with Crippen LogP contribution in [0.2, 0.25) is 45.2 Å². The van der Waals surface area contributed by atoms with E-state index in [9.17, 15) is 4.79 Å². The molecule has 0 unspecified atom stereocenters. The molecule has 0 fully saturated rings. The molecule has 2 aliphatic rings. The van der Waals surface area contributed by atoms with Gasteiger partial charge < -0.3 is 0 Å². The molecular weight excluding hydrogens is 670 g/mol. The molecule has 166 valence electrons. The van der Waals surface area contributed by atoms with Gasteiger partial charge in [-0.15, -0.1) is 0 Å². The maximum Gasteiger partial charge on any atom is 0.217 e. The molecule has 0 radical (unpaired) electrons. The van der Waals surface area contributed by atoms with Crippen LogP contribution in [0.25, 0.3) is 11.1 Å². The molecule has 0 amide bonds. The number of carbonyl (C=O) groups excluding carboxylic acids is 1. The van der Waals surface area contributed by atoms with Gasteiger partial charge >= 0.3 is 0 Å². The fourth-order valence-corrected chi connectivity index (χ4v) is 6.57. The Morgan fingerprint density at radius 1 is 0.312 bits per heavy atom. The lowest BCUT2D eigenvalue weighted by Gasteiger charge is -2.19. The molecular formula is C19Cl12O. The first-order chi connectivity index (χ1) is 14.8. The Bertz CT molecular complexity index is 1370. The number of allylic oxidation sites excluding steroid dienone is 5. The number of rotatable bonds is 1. The van der Waals surface area contributed by atoms with Crippen LogP contribution < -0.4 is 0 Å². The van der Waals surface area contributed by atoms with Crippen LogP contribution >= 0.6 is 139 Å². The van der Waals surface area contributed by atoms with Crippen LogP contribution in [0.1, 0.15) is 16.7 Å². The molecule has 13 heteroatoms. The van der Waals surface area contributed by atoms with Gasteiger partial charge in [0.15, 0.2) is 0 Å². The zero-order valence-corrected chi connectivity index (χ0v) is 23.5. The Morgan fingerprint density at radius 2 is 0.656 bits per heavy atom. The van der Waals surface area contributed by atoms with E-state index in [0.29, 0.717) is 0 Å². The number of halogens is 12. The van der Waals surface area contributed by atoms with E-state index in [1.165, 1.54) is 0 Å². The minimum absolute atomic E-state index is 0.0349. The van der Waals surface area contributed by atoms with Gasteiger partial charge in [0.2, 0.25) is 5.78 Å². The monoisotopic (exact) mass is 664 g/mol. The maximum absolute atomic E-state index is 12.6. The first-order valence-electron chi connectivity index (χ1n) is 7.97. The number of Topliss-reactive ketones (excluding diaryl/α,β-unsaturated/α-hetero) is 1. The van der Waals surface area contributed by atoms with Gasteiger partial charge in [-0.1, -0.05) is 139 Å². The molecule has 0 heterocycles. The highest BCUT2D eigenvalue weighted by molar-refractivity contribution is 6.63. The molecule has 32 heavy (non-hydrogen) atoms. The fraction of sp³-hybridized carbons (Fsp3) is 0. The quantitative estimate of drug-likeness (QED) is 0.218. The van der Waals surface area contributed by atoms with Crippen molar-refractivity contribution in [1.82, 2.24) is 0 Å². The molecule has 0 N–H and O–H groups in total. The van der Waals surface area contributed by atoms with Crippen molar-refractivity contribution < 1.29 is 4.79 Å². The molecule has 4 rings (SSSR count). The number of hydrogen-bond acceptors (Lipinski definition) is 1. The van der Waals surface area contributed by atoms with Crippen molar-refractivity contribution in [3.05, 3.63) is 82.6 Å². The summed E-state index contributed by atoms with van der Waals surface area (Å²) in [6.07, 6.45) is 0. The highest BCUT2D eigenvalue weighted by Gasteiger charge is 2.43. The third-order valence-corrected chi connectivity index (χ3v) is 10.0. The van der Waals surface area contributed by atoms with Crippen molar-refractivity contribution in [2.24, 2.45) is 0 Å². The number of ketones is 1. The Hall–Kier alpha value is 0.810. The zero-order valence-electron chi connectivity index (χ0n) is 14.4. The Kier molecular flexibility index (Phi) is 7.31. The largest absolute Gasteiger partial charge is 0.287 e. The molecule has 0 saturated carbocycles. The highest BCUT2D eigenvalue weighted by Crippen LogP contribution is 2.62. The summed E-state index contributed by atoms with van der Waals surface area (Å²) >= 11 is 76.5. The van der Waals surface area contributed by atoms with Crippen molar-refractivity contribution in [3.63, 3.8) is 0 Å². The fourth-order valence-electron chi connectivity index (χ4n) is 3.41. The number of benzene rings is 2. The van der Waals surface area contributed by atoms with Crippen LogP contribution in [0.5, 0.6) is 0 Å². The summed E-state index contributed by atoms with van der Waals surface area (Å²) in [5, 5.41) is -1.38. The van der Waals surface area contributed by atoms with E-state index in [-0.39, 0.29) is 93.7 Å². The highest BCUT2D eigenvalue weighted by atomic mass is 35.5. The van der Waals surface area contributed by atoms with E-state index in [0.717, 1.165) is 0 Å². The number of hydrogen-bond donors (Lipinski definition) is 0. The molecule has 2 aromatic carbocycles. The summed E-state index contributed by atoms with van der Waals surface area (Å²) < 4.78 is 0. The summed E-state index contributed by atoms with van der Waals surface area (Å²) in [6.45, 7) is 0. The summed E-state index contributed by atoms with van der Waals surface area (Å²) in [4.78, 5) is 12.6. The van der Waals surface area contributed by atoms with Gasteiger partial charge in [0.05, 0.1) is 55.3 Å². The van der Waals surface area contributed by atoms with Crippen molar-refractivity contribution in [1.29, 1.82) is 0 Å². The van der Waals surface area contributed by atoms with Crippen LogP contribution in [0.4, 0.5) is 0 Å². The van der Waals surface area contributed by atoms with E-state index >= 15 is 0 Å². The molecule has 0 saturated heterocycles. The predicted molar refractivity (Wildman–Crippen MR) is 141 cm³/mol. The predicted octanol–water partition coefficient (Wildman–Crippen LogP) is 11.6. The number of fused-ring (bicyclic) bond motifs is 3. The van der Waals surface area contributed by atoms with Crippen LogP contribution in [-0.4, -0.2) is 5.78 Å². The number of carbonyl (C=O) groups is 1. The van der Waals surface area contributed by atoms with Gasteiger partial charge in [0.1, 0.15) is 5.03 Å². The molecule has 0 atom stereocenters. The average Bonchev–Trinajstić information content (AvgIpc) is 3.12. The van der Waals surface area contributed by atoms with Gasteiger partial charge in [0.25, 0.3) is 0 Å². The van der Waals surface area contributed by atoms with E-state index in [4.69, 9.17) is 139 Å². The van der Waals surface area contributed by atoms with Crippen LogP contribution in [-0.2, 0) is 4.79 Å². The van der Waals surface area contributed by atoms with Crippen molar-refractivity contribution in [2.45, 2.75) is 0 Å². The minimum Gasteiger partial charge on any atom is -0.287 e. The molecule has 2 aliphatic carbocycles. The van der Waals surface area contributed by atoms with Gasteiger partial charge in [-0.05, 0) is 0 Å². The average molecular weight is 670 g/mol. The summed E-state index contributed by atoms with van der Waals surface area (Å²) in [5.41, 5.74) is 0.949. The van der Waals surface area contributed by atoms with Gasteiger partial charge in [-0.2, -0.15) is 0 Å². The lowest BCUT2D eigenvalue weighted by atomic mass is 9.94. The smallest absolute Gasteiger partial charge is 0.217 e. The van der Waals surface area contributed by atoms with Gasteiger partial charge in [0, 0.05) is 33.4 Å². The van der Waals surface area contributed by atoms with E-state index < -0.39 is 5.78 Å². The molecule has 0 aliphatic heterocycles. The Morgan fingerprint density at radius 3 is 1.09 bits per heavy atom. The van der Waals surface area contributed by atoms with Gasteiger partial charge in [-0.25, -0.2) is 0 Å². The third kappa shape index (κ3) is 3.47. The molecule has 0 spiro atoms. The maximum atomic E-state index is 12.6. The molecule has 1 nitrogen and oxygen atoms in total. The lowest BCUT2D eigenvalue weighted by molar-refractivity contribution is -0.111. The second kappa shape index (κ2) is 9.04. The van der Waals surface area contributed by atoms with Crippen LogP contribution in [0.3, 0.4) is 0 Å². The zero-order chi connectivity index (χ0) is 24.0. The summed E-state index contributed by atoms with van der Waals surface area (Å²) in [7, 11) is 0. The standard InChI is InChI=1S/C19Cl12O/c20-7-2-1(6-10(23)15(28)17(30)16(29)11(6)24)3-5(4(2)8(21)14(27)13(7)26)12(25)19(32)18(31)9(3)22. The topological polar surface area (TPSA) is 17.1 Å². The van der Waals surface area contributed by atoms with Crippen LogP contribution in [0, 0.1) is 0 Å². The van der Waals surface area contributed by atoms with E-state index in [1.54, 1.807) is 0 Å². The van der Waals surface area contributed by atoms with Crippen molar-refractivity contribution in [2.75, 3.05) is 0 Å². The molecule has 0 bridgehead atoms. The lowest BCUT2D eigenvalue weighted by Crippen LogP contribution is -2.10. The summed E-state index contributed by atoms with van der Waals surface area (Å²) in [6, 6.07) is 0. The second-order valence-corrected chi connectivity index (χ2v) is 10.9. The third-order valence-electron chi connectivity index (χ3n) is 4.76. The van der Waals surface area contributed by atoms with Crippen molar-refractivity contribution in [3.8, 4) is 0 Å². The second-order valence-electron chi connectivity index (χ2n) is 6.35. The normalized spacial score (nSPS) is 15.8. The van der Waals surface area contributed by atoms with Crippen molar-refractivity contribution >= 4 is 156 Å². The van der Waals surface area contributed by atoms with Crippen LogP contribution in [0.15, 0.2) is 20.7 Å². The van der Waals surface area contributed by atoms with E-state index in [1.807, 2.05) is 0 Å². The van der Waals surface area contributed by atoms with E-state index in [2.05, 4.69) is 0 Å². The van der Waals surface area contributed by atoms with Gasteiger partial charge in [-0.3, -0.25) is 4.79 Å². The molecule has 2 aromatic rings.